The molecule has 106 valence electrons. The molecule has 0 aromatic heterocycles. The lowest BCUT2D eigenvalue weighted by molar-refractivity contribution is 0.317. The third kappa shape index (κ3) is 4.34. The molecule has 2 rings (SSSR count). The molecule has 3 heteroatoms. The molecule has 2 nitrogen and oxygen atoms in total. The van der Waals surface area contributed by atoms with Crippen molar-refractivity contribution in [2.45, 2.75) is 50.8 Å². The lowest BCUT2D eigenvalue weighted by Crippen LogP contribution is -2.31. The molecule has 1 aliphatic rings. The summed E-state index contributed by atoms with van der Waals surface area (Å²) >= 11 is 0. The zero-order valence-corrected chi connectivity index (χ0v) is 12.8. The number of benzene rings is 1. The standard InChI is InChI=1S/C16H25NOS/c1-3-14-8-4-5-10-16(14)17-15-9-6-7-13(11-15)12-19(2)18/h6-7,9,11,14,16-17H,3-5,8,10,12H2,1-2H3/t14-,16+,19-/m1/s1. The highest BCUT2D eigenvalue weighted by Crippen LogP contribution is 2.29. The van der Waals surface area contributed by atoms with E-state index in [-0.39, 0.29) is 0 Å². The fourth-order valence-corrected chi connectivity index (χ4v) is 3.73. The molecule has 0 amide bonds. The highest BCUT2D eigenvalue weighted by atomic mass is 32.2. The minimum absolute atomic E-state index is 0.612. The van der Waals surface area contributed by atoms with Gasteiger partial charge in [-0.25, -0.2) is 0 Å². The molecule has 1 N–H and O–H groups in total. The van der Waals surface area contributed by atoms with Gasteiger partial charge in [-0.2, -0.15) is 0 Å². The van der Waals surface area contributed by atoms with Crippen LogP contribution in [-0.4, -0.2) is 16.5 Å². The lowest BCUT2D eigenvalue weighted by atomic mass is 9.83. The SMILES string of the molecule is CC[C@@H]1CCCC[C@@H]1Nc1cccc(C[S@@](C)=O)c1. The first-order valence-corrected chi connectivity index (χ1v) is 9.07. The second-order valence-corrected chi connectivity index (χ2v) is 7.06. The third-order valence-corrected chi connectivity index (χ3v) is 4.82. The van der Waals surface area contributed by atoms with Crippen molar-refractivity contribution in [2.24, 2.45) is 5.92 Å². The molecule has 0 aliphatic heterocycles. The number of hydrogen-bond acceptors (Lipinski definition) is 2. The van der Waals surface area contributed by atoms with Gasteiger partial charge < -0.3 is 5.32 Å². The van der Waals surface area contributed by atoms with Crippen molar-refractivity contribution in [3.8, 4) is 0 Å². The minimum Gasteiger partial charge on any atom is -0.382 e. The van der Waals surface area contributed by atoms with Gasteiger partial charge in [0, 0.05) is 34.5 Å². The molecule has 0 radical (unpaired) electrons. The molecule has 1 aliphatic carbocycles. The smallest absolute Gasteiger partial charge is 0.0483 e. The summed E-state index contributed by atoms with van der Waals surface area (Å²) in [5, 5.41) is 3.70. The van der Waals surface area contributed by atoms with Crippen LogP contribution < -0.4 is 5.32 Å². The van der Waals surface area contributed by atoms with E-state index in [9.17, 15) is 4.21 Å². The summed E-state index contributed by atoms with van der Waals surface area (Å²) in [7, 11) is -0.768. The summed E-state index contributed by atoms with van der Waals surface area (Å²) in [6.45, 7) is 2.29. The van der Waals surface area contributed by atoms with Crippen LogP contribution in [0.2, 0.25) is 0 Å². The number of nitrogens with one attached hydrogen (secondary N) is 1. The molecule has 0 spiro atoms. The Bertz CT molecular complexity index is 433. The molecule has 1 saturated carbocycles. The summed E-state index contributed by atoms with van der Waals surface area (Å²) in [5.41, 5.74) is 2.35. The predicted molar refractivity (Wildman–Crippen MR) is 83.9 cm³/mol. The maximum atomic E-state index is 11.3. The van der Waals surface area contributed by atoms with Crippen LogP contribution in [0.4, 0.5) is 5.69 Å². The monoisotopic (exact) mass is 279 g/mol. The van der Waals surface area contributed by atoms with Crippen molar-refractivity contribution in [3.63, 3.8) is 0 Å². The molecular formula is C16H25NOS. The highest BCUT2D eigenvalue weighted by Gasteiger charge is 2.23. The zero-order chi connectivity index (χ0) is 13.7. The second-order valence-electron chi connectivity index (χ2n) is 5.62. The Morgan fingerprint density at radius 2 is 2.11 bits per heavy atom. The van der Waals surface area contributed by atoms with Crippen molar-refractivity contribution in [1.82, 2.24) is 0 Å². The lowest BCUT2D eigenvalue weighted by Gasteiger charge is -2.32. The van der Waals surface area contributed by atoms with Gasteiger partial charge >= 0.3 is 0 Å². The van der Waals surface area contributed by atoms with E-state index >= 15 is 0 Å². The molecule has 0 unspecified atom stereocenters. The van der Waals surface area contributed by atoms with E-state index in [2.05, 4.69) is 36.5 Å². The average Bonchev–Trinajstić information content (AvgIpc) is 2.39. The Balaban J connectivity index is 2.03. The first-order valence-electron chi connectivity index (χ1n) is 7.34. The molecule has 1 aromatic rings. The van der Waals surface area contributed by atoms with Crippen LogP contribution in [-0.2, 0) is 16.6 Å². The van der Waals surface area contributed by atoms with Gasteiger partial charge in [-0.15, -0.1) is 0 Å². The average molecular weight is 279 g/mol. The summed E-state index contributed by atoms with van der Waals surface area (Å²) in [4.78, 5) is 0. The Kier molecular flexibility index (Phi) is 5.44. The summed E-state index contributed by atoms with van der Waals surface area (Å²) < 4.78 is 11.3. The van der Waals surface area contributed by atoms with Crippen LogP contribution in [0.1, 0.15) is 44.6 Å². The topological polar surface area (TPSA) is 29.1 Å². The van der Waals surface area contributed by atoms with Crippen LogP contribution in [0.5, 0.6) is 0 Å². The van der Waals surface area contributed by atoms with Gasteiger partial charge in [0.25, 0.3) is 0 Å². The van der Waals surface area contributed by atoms with Crippen molar-refractivity contribution < 1.29 is 4.21 Å². The van der Waals surface area contributed by atoms with Gasteiger partial charge in [0.1, 0.15) is 0 Å². The number of rotatable bonds is 5. The Labute approximate surface area is 119 Å². The molecule has 0 saturated heterocycles. The third-order valence-electron chi connectivity index (χ3n) is 4.08. The first-order chi connectivity index (χ1) is 9.19. The summed E-state index contributed by atoms with van der Waals surface area (Å²) in [5.74, 6) is 1.45. The van der Waals surface area contributed by atoms with Crippen molar-refractivity contribution in [1.29, 1.82) is 0 Å². The summed E-state index contributed by atoms with van der Waals surface area (Å²) in [6.07, 6.45) is 8.37. The van der Waals surface area contributed by atoms with E-state index in [1.807, 2.05) is 0 Å². The van der Waals surface area contributed by atoms with Gasteiger partial charge in [0.2, 0.25) is 0 Å². The maximum Gasteiger partial charge on any atom is 0.0483 e. The fourth-order valence-electron chi connectivity index (χ4n) is 3.09. The van der Waals surface area contributed by atoms with Crippen LogP contribution >= 0.6 is 0 Å². The quantitative estimate of drug-likeness (QED) is 0.884. The Morgan fingerprint density at radius 1 is 1.32 bits per heavy atom. The number of hydrogen-bond donors (Lipinski definition) is 1. The first kappa shape index (κ1) is 14.6. The maximum absolute atomic E-state index is 11.3. The van der Waals surface area contributed by atoms with Crippen LogP contribution in [0.15, 0.2) is 24.3 Å². The van der Waals surface area contributed by atoms with E-state index in [0.717, 1.165) is 11.5 Å². The van der Waals surface area contributed by atoms with Crippen LogP contribution in [0, 0.1) is 5.92 Å². The Morgan fingerprint density at radius 3 is 2.84 bits per heavy atom. The highest BCUT2D eigenvalue weighted by molar-refractivity contribution is 7.83. The predicted octanol–water partition coefficient (Wildman–Crippen LogP) is 3.95. The van der Waals surface area contributed by atoms with E-state index in [4.69, 9.17) is 0 Å². The van der Waals surface area contributed by atoms with Gasteiger partial charge in [-0.05, 0) is 36.5 Å². The van der Waals surface area contributed by atoms with Crippen LogP contribution in [0.25, 0.3) is 0 Å². The minimum atomic E-state index is -0.768. The van der Waals surface area contributed by atoms with E-state index in [1.165, 1.54) is 37.8 Å². The van der Waals surface area contributed by atoms with Crippen molar-refractivity contribution in [3.05, 3.63) is 29.8 Å². The largest absolute Gasteiger partial charge is 0.382 e. The summed E-state index contributed by atoms with van der Waals surface area (Å²) in [6, 6.07) is 9.02. The molecule has 0 bridgehead atoms. The van der Waals surface area contributed by atoms with Gasteiger partial charge in [-0.1, -0.05) is 38.3 Å². The second kappa shape index (κ2) is 7.09. The molecule has 0 heterocycles. The molecule has 19 heavy (non-hydrogen) atoms. The van der Waals surface area contributed by atoms with E-state index < -0.39 is 10.8 Å². The zero-order valence-electron chi connectivity index (χ0n) is 12.0. The molecular weight excluding hydrogens is 254 g/mol. The van der Waals surface area contributed by atoms with Crippen molar-refractivity contribution >= 4 is 16.5 Å². The molecule has 3 atom stereocenters. The van der Waals surface area contributed by atoms with Gasteiger partial charge in [0.05, 0.1) is 0 Å². The van der Waals surface area contributed by atoms with Crippen molar-refractivity contribution in [2.75, 3.05) is 11.6 Å². The van der Waals surface area contributed by atoms with Crippen LogP contribution in [0.3, 0.4) is 0 Å². The normalized spacial score (nSPS) is 24.9. The van der Waals surface area contributed by atoms with Gasteiger partial charge in [-0.3, -0.25) is 4.21 Å². The molecule has 1 fully saturated rings. The molecule has 1 aromatic carbocycles. The van der Waals surface area contributed by atoms with E-state index in [1.54, 1.807) is 6.26 Å². The van der Waals surface area contributed by atoms with Gasteiger partial charge in [0.15, 0.2) is 0 Å². The Hall–Kier alpha value is -0.830. The van der Waals surface area contributed by atoms with E-state index in [0.29, 0.717) is 11.8 Å². The number of anilines is 1. The fraction of sp³-hybridized carbons (Fsp3) is 0.625.